The fraction of sp³-hybridized carbons (Fsp3) is 0.524. The molecule has 1 saturated carbocycles. The molecule has 1 aliphatic carbocycles. The molecule has 0 bridgehead atoms. The van der Waals surface area contributed by atoms with E-state index in [4.69, 9.17) is 0 Å². The van der Waals surface area contributed by atoms with Crippen LogP contribution in [0.2, 0.25) is 0 Å². The molecule has 1 atom stereocenters. The van der Waals surface area contributed by atoms with Gasteiger partial charge in [0.15, 0.2) is 0 Å². The number of hydrogen-bond donors (Lipinski definition) is 3. The van der Waals surface area contributed by atoms with Gasteiger partial charge in [-0.2, -0.15) is 0 Å². The van der Waals surface area contributed by atoms with E-state index in [1.807, 2.05) is 42.5 Å². The van der Waals surface area contributed by atoms with Crippen LogP contribution in [0.15, 0.2) is 36.4 Å². The van der Waals surface area contributed by atoms with Crippen molar-refractivity contribution >= 4 is 17.9 Å². The van der Waals surface area contributed by atoms with Crippen molar-refractivity contribution in [2.75, 3.05) is 19.6 Å². The summed E-state index contributed by atoms with van der Waals surface area (Å²) in [5, 5.41) is 15.5. The number of aliphatic hydroxyl groups is 1. The first-order chi connectivity index (χ1) is 13.1. The van der Waals surface area contributed by atoms with Crippen molar-refractivity contribution in [3.63, 3.8) is 0 Å². The van der Waals surface area contributed by atoms with Crippen LogP contribution < -0.4 is 10.6 Å². The zero-order valence-electron chi connectivity index (χ0n) is 15.6. The second-order valence-electron chi connectivity index (χ2n) is 7.39. The van der Waals surface area contributed by atoms with E-state index in [2.05, 4.69) is 15.5 Å². The van der Waals surface area contributed by atoms with E-state index in [1.54, 1.807) is 0 Å². The molecule has 1 heterocycles. The van der Waals surface area contributed by atoms with Gasteiger partial charge in [-0.05, 0) is 31.2 Å². The van der Waals surface area contributed by atoms with Gasteiger partial charge in [-0.25, -0.2) is 0 Å². The fourth-order valence-electron chi connectivity index (χ4n) is 3.77. The highest BCUT2D eigenvalue weighted by molar-refractivity contribution is 5.89. The topological polar surface area (TPSA) is 81.7 Å². The third-order valence-electron chi connectivity index (χ3n) is 5.33. The highest BCUT2D eigenvalue weighted by Gasteiger charge is 2.31. The summed E-state index contributed by atoms with van der Waals surface area (Å²) < 4.78 is 0. The second-order valence-corrected chi connectivity index (χ2v) is 7.39. The molecule has 0 spiro atoms. The molecular weight excluding hydrogens is 342 g/mol. The average Bonchev–Trinajstić information content (AvgIpc) is 2.67. The predicted molar refractivity (Wildman–Crippen MR) is 105 cm³/mol. The molecule has 0 aromatic heterocycles. The minimum atomic E-state index is -0.437. The molecule has 2 fully saturated rings. The first kappa shape index (κ1) is 19.6. The number of nitrogens with zero attached hydrogens (tertiary/aromatic N) is 1. The van der Waals surface area contributed by atoms with Crippen LogP contribution in [-0.4, -0.2) is 59.6 Å². The Hall–Kier alpha value is -2.18. The van der Waals surface area contributed by atoms with E-state index < -0.39 is 6.04 Å². The number of carbonyl (C=O) groups is 2. The van der Waals surface area contributed by atoms with Crippen LogP contribution >= 0.6 is 0 Å². The zero-order chi connectivity index (χ0) is 19.1. The Kier molecular flexibility index (Phi) is 7.01. The normalized spacial score (nSPS) is 26.7. The predicted octanol–water partition coefficient (Wildman–Crippen LogP) is 1.31. The average molecular weight is 371 g/mol. The second kappa shape index (κ2) is 9.67. The van der Waals surface area contributed by atoms with Gasteiger partial charge >= 0.3 is 0 Å². The minimum absolute atomic E-state index is 0.0800. The lowest BCUT2D eigenvalue weighted by Gasteiger charge is -2.34. The molecule has 6 heteroatoms. The van der Waals surface area contributed by atoms with E-state index in [0.717, 1.165) is 37.8 Å². The Morgan fingerprint density at radius 2 is 1.96 bits per heavy atom. The molecule has 27 heavy (non-hydrogen) atoms. The maximum atomic E-state index is 12.4. The van der Waals surface area contributed by atoms with Crippen LogP contribution in [-0.2, 0) is 9.59 Å². The summed E-state index contributed by atoms with van der Waals surface area (Å²) in [5.41, 5.74) is 1.12. The van der Waals surface area contributed by atoms with Gasteiger partial charge < -0.3 is 15.7 Å². The number of benzene rings is 1. The van der Waals surface area contributed by atoms with Crippen LogP contribution in [0, 0.1) is 0 Å². The summed E-state index contributed by atoms with van der Waals surface area (Å²) in [6, 6.07) is 9.70. The highest BCUT2D eigenvalue weighted by Crippen LogP contribution is 2.19. The number of nitrogens with one attached hydrogen (secondary N) is 2. The summed E-state index contributed by atoms with van der Waals surface area (Å²) in [7, 11) is 0. The highest BCUT2D eigenvalue weighted by atomic mass is 16.3. The van der Waals surface area contributed by atoms with E-state index in [-0.39, 0.29) is 30.4 Å². The lowest BCUT2D eigenvalue weighted by atomic mass is 9.93. The van der Waals surface area contributed by atoms with E-state index >= 15 is 0 Å². The van der Waals surface area contributed by atoms with Gasteiger partial charge in [-0.3, -0.25) is 14.5 Å². The van der Waals surface area contributed by atoms with Gasteiger partial charge in [0.25, 0.3) is 0 Å². The van der Waals surface area contributed by atoms with Crippen LogP contribution in [0.25, 0.3) is 6.08 Å². The molecule has 146 valence electrons. The number of rotatable bonds is 6. The molecule has 1 saturated heterocycles. The summed E-state index contributed by atoms with van der Waals surface area (Å²) in [6.07, 6.45) is 7.06. The molecule has 3 rings (SSSR count). The van der Waals surface area contributed by atoms with E-state index in [9.17, 15) is 14.7 Å². The first-order valence-electron chi connectivity index (χ1n) is 9.82. The van der Waals surface area contributed by atoms with Gasteiger partial charge in [0, 0.05) is 25.7 Å². The number of amides is 2. The molecule has 2 aliphatic rings. The Morgan fingerprint density at radius 1 is 1.22 bits per heavy atom. The molecule has 0 unspecified atom stereocenters. The van der Waals surface area contributed by atoms with Crippen molar-refractivity contribution in [1.82, 2.24) is 15.5 Å². The smallest absolute Gasteiger partial charge is 0.237 e. The minimum Gasteiger partial charge on any atom is -0.393 e. The monoisotopic (exact) mass is 371 g/mol. The summed E-state index contributed by atoms with van der Waals surface area (Å²) >= 11 is 0. The Labute approximate surface area is 160 Å². The molecule has 1 aliphatic heterocycles. The van der Waals surface area contributed by atoms with Gasteiger partial charge in [-0.1, -0.05) is 42.5 Å². The van der Waals surface area contributed by atoms with Crippen molar-refractivity contribution in [2.45, 2.75) is 50.3 Å². The molecule has 2 amide bonds. The third-order valence-corrected chi connectivity index (χ3v) is 5.33. The number of hydrogen-bond acceptors (Lipinski definition) is 4. The first-order valence-corrected chi connectivity index (χ1v) is 9.82. The van der Waals surface area contributed by atoms with Gasteiger partial charge in [-0.15, -0.1) is 0 Å². The SMILES string of the molecule is O=C(C[C@H]1C(=O)NCCN1C/C=C/c1ccccc1)NC1CCC(O)CC1. The molecule has 6 nitrogen and oxygen atoms in total. The van der Waals surface area contributed by atoms with Crippen molar-refractivity contribution in [2.24, 2.45) is 0 Å². The van der Waals surface area contributed by atoms with E-state index in [0.29, 0.717) is 13.1 Å². The van der Waals surface area contributed by atoms with Crippen LogP contribution in [0.3, 0.4) is 0 Å². The standard InChI is InChI=1S/C21H29N3O3/c25-18-10-8-17(9-11-18)23-20(26)15-19-21(27)22-12-14-24(19)13-4-7-16-5-2-1-3-6-16/h1-7,17-19,25H,8-15H2,(H,22,27)(H,23,26)/b7-4+/t17?,18?,19-/m0/s1. The Bertz CT molecular complexity index is 654. The Morgan fingerprint density at radius 3 is 2.70 bits per heavy atom. The number of carbonyl (C=O) groups excluding carboxylic acids is 2. The fourth-order valence-corrected chi connectivity index (χ4v) is 3.77. The maximum Gasteiger partial charge on any atom is 0.237 e. The van der Waals surface area contributed by atoms with Crippen molar-refractivity contribution in [1.29, 1.82) is 0 Å². The summed E-state index contributed by atoms with van der Waals surface area (Å²) in [5.74, 6) is -0.168. The summed E-state index contributed by atoms with van der Waals surface area (Å²) in [4.78, 5) is 26.8. The lowest BCUT2D eigenvalue weighted by Crippen LogP contribution is -2.56. The molecule has 0 radical (unpaired) electrons. The Balaban J connectivity index is 1.53. The van der Waals surface area contributed by atoms with Gasteiger partial charge in [0.2, 0.25) is 11.8 Å². The molecule has 3 N–H and O–H groups in total. The molecular formula is C21H29N3O3. The van der Waals surface area contributed by atoms with Gasteiger partial charge in [0.1, 0.15) is 0 Å². The third kappa shape index (κ3) is 5.91. The lowest BCUT2D eigenvalue weighted by molar-refractivity contribution is -0.134. The number of piperazine rings is 1. The number of aliphatic hydroxyl groups excluding tert-OH is 1. The largest absolute Gasteiger partial charge is 0.393 e. The maximum absolute atomic E-state index is 12.4. The molecule has 1 aromatic carbocycles. The summed E-state index contributed by atoms with van der Waals surface area (Å²) in [6.45, 7) is 1.98. The zero-order valence-corrected chi connectivity index (χ0v) is 15.6. The van der Waals surface area contributed by atoms with Crippen LogP contribution in [0.4, 0.5) is 0 Å². The van der Waals surface area contributed by atoms with Crippen LogP contribution in [0.1, 0.15) is 37.7 Å². The van der Waals surface area contributed by atoms with Crippen LogP contribution in [0.5, 0.6) is 0 Å². The van der Waals surface area contributed by atoms with Gasteiger partial charge in [0.05, 0.1) is 18.6 Å². The van der Waals surface area contributed by atoms with Crippen molar-refractivity contribution < 1.29 is 14.7 Å². The molecule has 1 aromatic rings. The van der Waals surface area contributed by atoms with Crippen molar-refractivity contribution in [3.05, 3.63) is 42.0 Å². The quantitative estimate of drug-likeness (QED) is 0.704. The van der Waals surface area contributed by atoms with Crippen molar-refractivity contribution in [3.8, 4) is 0 Å². The van der Waals surface area contributed by atoms with E-state index in [1.165, 1.54) is 0 Å².